The standard InChI is InChI=1S/C30H39N3O6S3Si/c1-20-16-22(32-28(34)38-14-15-43(6,7)8)17-24(26(20)21-12-10-9-11-13-21)42(36,37)25-18-23(41-27(25)40-5)19-31-33-29(35)39-30(2,3)4/h9-13,16-19H,14-15H2,1-8H3,(H,32,34)(H,33,35). The number of nitrogens with one attached hydrogen (secondary N) is 2. The van der Waals surface area contributed by atoms with Crippen molar-refractivity contribution in [3.63, 3.8) is 0 Å². The first kappa shape index (κ1) is 34.4. The zero-order valence-corrected chi connectivity index (χ0v) is 29.2. The number of carbonyl (C=O) groups excluding carboxylic acids is 2. The molecule has 0 saturated carbocycles. The lowest BCUT2D eigenvalue weighted by Gasteiger charge is -2.18. The molecule has 2 N–H and O–H groups in total. The Balaban J connectivity index is 2.01. The van der Waals surface area contributed by atoms with Crippen molar-refractivity contribution in [1.82, 2.24) is 5.43 Å². The lowest BCUT2D eigenvalue weighted by molar-refractivity contribution is 0.0529. The summed E-state index contributed by atoms with van der Waals surface area (Å²) in [5.74, 6) is 0. The van der Waals surface area contributed by atoms with Crippen LogP contribution >= 0.6 is 23.1 Å². The van der Waals surface area contributed by atoms with Crippen LogP contribution in [0.3, 0.4) is 0 Å². The van der Waals surface area contributed by atoms with Crippen molar-refractivity contribution in [3.8, 4) is 11.1 Å². The number of thioether (sulfide) groups is 1. The van der Waals surface area contributed by atoms with Gasteiger partial charge in [-0.2, -0.15) is 5.10 Å². The first-order valence-corrected chi connectivity index (χ1v) is 20.8. The third-order valence-corrected chi connectivity index (χ3v) is 11.9. The van der Waals surface area contributed by atoms with E-state index in [1.807, 2.05) is 37.3 Å². The molecular weight excluding hydrogens is 623 g/mol. The number of ether oxygens (including phenoxy) is 2. The van der Waals surface area contributed by atoms with Gasteiger partial charge in [-0.15, -0.1) is 23.1 Å². The van der Waals surface area contributed by atoms with E-state index in [9.17, 15) is 18.0 Å². The molecule has 0 radical (unpaired) electrons. The molecule has 13 heteroatoms. The third-order valence-electron chi connectivity index (χ3n) is 5.89. The lowest BCUT2D eigenvalue weighted by Crippen LogP contribution is -2.29. The van der Waals surface area contributed by atoms with Gasteiger partial charge in [0.1, 0.15) is 5.60 Å². The van der Waals surface area contributed by atoms with Crippen molar-refractivity contribution >= 4 is 65.1 Å². The molecule has 0 aliphatic carbocycles. The van der Waals surface area contributed by atoms with Gasteiger partial charge in [-0.05, 0) is 69.3 Å². The Labute approximate surface area is 263 Å². The van der Waals surface area contributed by atoms with Gasteiger partial charge >= 0.3 is 12.2 Å². The molecule has 3 rings (SSSR count). The summed E-state index contributed by atoms with van der Waals surface area (Å²) in [5, 5.41) is 6.65. The van der Waals surface area contributed by atoms with Gasteiger partial charge in [-0.25, -0.2) is 23.4 Å². The van der Waals surface area contributed by atoms with Crippen molar-refractivity contribution < 1.29 is 27.5 Å². The van der Waals surface area contributed by atoms with Crippen LogP contribution in [-0.4, -0.2) is 53.4 Å². The van der Waals surface area contributed by atoms with E-state index in [0.717, 1.165) is 11.6 Å². The Hall–Kier alpha value is -3.13. The van der Waals surface area contributed by atoms with Crippen molar-refractivity contribution in [3.05, 3.63) is 59.0 Å². The monoisotopic (exact) mass is 661 g/mol. The predicted octanol–water partition coefficient (Wildman–Crippen LogP) is 8.02. The molecule has 0 spiro atoms. The summed E-state index contributed by atoms with van der Waals surface area (Å²) in [6, 6.07) is 14.8. The number of aryl methyl sites for hydroxylation is 1. The number of hydrazone groups is 1. The third kappa shape index (κ3) is 9.95. The van der Waals surface area contributed by atoms with Crippen molar-refractivity contribution in [2.24, 2.45) is 5.10 Å². The second-order valence-electron chi connectivity index (χ2n) is 12.0. The number of amides is 2. The van der Waals surface area contributed by atoms with Gasteiger partial charge in [0.05, 0.1) is 26.8 Å². The highest BCUT2D eigenvalue weighted by molar-refractivity contribution is 8.01. The molecule has 0 fully saturated rings. The Morgan fingerprint density at radius 1 is 1.05 bits per heavy atom. The molecule has 43 heavy (non-hydrogen) atoms. The Morgan fingerprint density at radius 3 is 2.33 bits per heavy atom. The van der Waals surface area contributed by atoms with Gasteiger partial charge in [0.15, 0.2) is 0 Å². The van der Waals surface area contributed by atoms with Crippen LogP contribution in [0.4, 0.5) is 15.3 Å². The summed E-state index contributed by atoms with van der Waals surface area (Å²) in [6.45, 7) is 13.9. The van der Waals surface area contributed by atoms with Gasteiger partial charge < -0.3 is 9.47 Å². The number of hydrogen-bond acceptors (Lipinski definition) is 9. The molecule has 1 heterocycles. The molecule has 2 aromatic carbocycles. The highest BCUT2D eigenvalue weighted by Gasteiger charge is 2.29. The topological polar surface area (TPSA) is 123 Å². The predicted molar refractivity (Wildman–Crippen MR) is 178 cm³/mol. The van der Waals surface area contributed by atoms with E-state index in [4.69, 9.17) is 9.47 Å². The largest absolute Gasteiger partial charge is 0.450 e. The zero-order chi connectivity index (χ0) is 32.0. The van der Waals surface area contributed by atoms with Crippen molar-refractivity contribution in [2.45, 2.75) is 73.0 Å². The lowest BCUT2D eigenvalue weighted by atomic mass is 10.00. The second kappa shape index (κ2) is 14.1. The molecule has 3 aromatic rings. The molecule has 0 bridgehead atoms. The molecule has 0 atom stereocenters. The van der Waals surface area contributed by atoms with Crippen LogP contribution in [0, 0.1) is 6.92 Å². The Bertz CT molecular complexity index is 1590. The summed E-state index contributed by atoms with van der Waals surface area (Å²) < 4.78 is 39.8. The minimum atomic E-state index is -4.09. The van der Waals surface area contributed by atoms with E-state index in [-0.39, 0.29) is 9.79 Å². The number of benzene rings is 2. The smallest absolute Gasteiger partial charge is 0.428 e. The van der Waals surface area contributed by atoms with Gasteiger partial charge in [-0.1, -0.05) is 50.0 Å². The summed E-state index contributed by atoms with van der Waals surface area (Å²) in [4.78, 5) is 25.2. The quantitative estimate of drug-likeness (QED) is 0.0976. The van der Waals surface area contributed by atoms with Crippen LogP contribution in [-0.2, 0) is 19.3 Å². The average Bonchev–Trinajstić information content (AvgIpc) is 3.31. The fourth-order valence-electron chi connectivity index (χ4n) is 3.95. The second-order valence-corrected chi connectivity index (χ2v) is 21.7. The van der Waals surface area contributed by atoms with Gasteiger partial charge in [0, 0.05) is 24.2 Å². The molecule has 0 aliphatic heterocycles. The van der Waals surface area contributed by atoms with Crippen LogP contribution in [0.1, 0.15) is 31.2 Å². The van der Waals surface area contributed by atoms with Gasteiger partial charge in [0.2, 0.25) is 9.84 Å². The zero-order valence-electron chi connectivity index (χ0n) is 25.7. The number of thiophene rings is 1. The molecule has 0 saturated heterocycles. The SMILES string of the molecule is CSc1sc(C=NNC(=O)OC(C)(C)C)cc1S(=O)(=O)c1cc(NC(=O)OCC[Si](C)(C)C)cc(C)c1-c1ccccc1. The minimum Gasteiger partial charge on any atom is -0.450 e. The highest BCUT2D eigenvalue weighted by Crippen LogP contribution is 2.41. The maximum Gasteiger partial charge on any atom is 0.428 e. The summed E-state index contributed by atoms with van der Waals surface area (Å²) in [5.41, 5.74) is 3.88. The number of rotatable bonds is 10. The molecule has 1 aromatic heterocycles. The maximum atomic E-state index is 14.4. The normalized spacial score (nSPS) is 12.3. The highest BCUT2D eigenvalue weighted by atomic mass is 32.2. The molecule has 232 valence electrons. The molecule has 0 unspecified atom stereocenters. The Kier molecular flexibility index (Phi) is 11.3. The van der Waals surface area contributed by atoms with E-state index >= 15 is 0 Å². The molecule has 2 amide bonds. The fraction of sp³-hybridized carbons (Fsp3) is 0.367. The average molecular weight is 662 g/mol. The summed E-state index contributed by atoms with van der Waals surface area (Å²) in [7, 11) is -5.49. The van der Waals surface area contributed by atoms with E-state index in [0.29, 0.717) is 32.5 Å². The molecule has 9 nitrogen and oxygen atoms in total. The maximum absolute atomic E-state index is 14.4. The van der Waals surface area contributed by atoms with Crippen LogP contribution in [0.15, 0.2) is 67.6 Å². The fourth-order valence-corrected chi connectivity index (χ4v) is 8.88. The first-order valence-electron chi connectivity index (χ1n) is 13.6. The number of sulfone groups is 1. The van der Waals surface area contributed by atoms with Crippen LogP contribution in [0.5, 0.6) is 0 Å². The van der Waals surface area contributed by atoms with Crippen LogP contribution < -0.4 is 10.7 Å². The van der Waals surface area contributed by atoms with E-state index < -0.39 is 35.7 Å². The van der Waals surface area contributed by atoms with E-state index in [1.54, 1.807) is 33.1 Å². The van der Waals surface area contributed by atoms with Crippen molar-refractivity contribution in [2.75, 3.05) is 18.2 Å². The van der Waals surface area contributed by atoms with Gasteiger partial charge in [-0.3, -0.25) is 5.32 Å². The minimum absolute atomic E-state index is 0.0552. The Morgan fingerprint density at radius 2 is 1.72 bits per heavy atom. The first-order chi connectivity index (χ1) is 20.0. The number of nitrogens with zero attached hydrogens (tertiary/aromatic N) is 1. The van der Waals surface area contributed by atoms with E-state index in [1.165, 1.54) is 41.4 Å². The van der Waals surface area contributed by atoms with Crippen molar-refractivity contribution in [1.29, 1.82) is 0 Å². The number of hydrogen-bond donors (Lipinski definition) is 2. The van der Waals surface area contributed by atoms with Crippen LogP contribution in [0.25, 0.3) is 11.1 Å². The number of anilines is 1. The summed E-state index contributed by atoms with van der Waals surface area (Å²) in [6.07, 6.45) is 1.82. The van der Waals surface area contributed by atoms with Gasteiger partial charge in [0.25, 0.3) is 0 Å². The number of carbonyl (C=O) groups is 2. The molecular formula is C30H39N3O6S3Si. The summed E-state index contributed by atoms with van der Waals surface area (Å²) >= 11 is 2.53. The van der Waals surface area contributed by atoms with E-state index in [2.05, 4.69) is 35.5 Å². The van der Waals surface area contributed by atoms with Crippen LogP contribution in [0.2, 0.25) is 25.7 Å². The molecule has 0 aliphatic rings.